The molecular weight excluding hydrogens is 660 g/mol. The van der Waals surface area contributed by atoms with Crippen LogP contribution in [0, 0.1) is 6.92 Å². The van der Waals surface area contributed by atoms with Gasteiger partial charge in [0.1, 0.15) is 16.0 Å². The minimum Gasteiger partial charge on any atom is -0.479 e. The van der Waals surface area contributed by atoms with Crippen LogP contribution < -0.4 is 0 Å². The number of benzene rings is 2. The van der Waals surface area contributed by atoms with Gasteiger partial charge in [-0.3, -0.25) is 4.90 Å². The highest BCUT2D eigenvalue weighted by atomic mass is 35.5. The number of carboxylic acid groups (broad SMARTS) is 1. The molecule has 2 fully saturated rings. The number of alkyl halides is 2. The van der Waals surface area contributed by atoms with Crippen molar-refractivity contribution < 1.29 is 28.2 Å². The normalized spacial score (nSPS) is 17.4. The van der Waals surface area contributed by atoms with E-state index in [1.54, 1.807) is 24.3 Å². The van der Waals surface area contributed by atoms with Crippen molar-refractivity contribution in [2.45, 2.75) is 70.8 Å². The van der Waals surface area contributed by atoms with Crippen LogP contribution in [0.25, 0.3) is 43.1 Å². The van der Waals surface area contributed by atoms with E-state index in [4.69, 9.17) is 31.0 Å². The molecule has 0 radical (unpaired) electrons. The van der Waals surface area contributed by atoms with E-state index in [1.807, 2.05) is 45.9 Å². The SMILES string of the molecule is Cc1cc2nc(-c3ccc4nn(C(F)F)c(C5CCN(C6COC6)CC5)c4n3)sc2c(-c2ccc(Cl)cc2)c1C(OC(C)(C)C)C(=O)O. The van der Waals surface area contributed by atoms with Gasteiger partial charge in [0.25, 0.3) is 0 Å². The fourth-order valence-electron chi connectivity index (χ4n) is 6.77. The number of nitrogens with zero attached hydrogens (tertiary/aromatic N) is 5. The second-order valence-electron chi connectivity index (χ2n) is 13.5. The Morgan fingerprint density at radius 1 is 1.08 bits per heavy atom. The maximum absolute atomic E-state index is 14.4. The van der Waals surface area contributed by atoms with Crippen molar-refractivity contribution in [1.82, 2.24) is 24.6 Å². The van der Waals surface area contributed by atoms with Crippen LogP contribution in [0.4, 0.5) is 8.78 Å². The first-order valence-electron chi connectivity index (χ1n) is 16.0. The lowest BCUT2D eigenvalue weighted by molar-refractivity contribution is -0.160. The standard InChI is InChI=1S/C35H36ClF2N5O4S/c1-18-15-25-31(27(19-5-7-21(36)8-6-19)26(18)30(33(44)45)47-35(2,3)4)48-32(40-25)24-10-9-23-28(39-24)29(43(41-23)34(37)38)20-11-13-42(14-12-20)22-16-46-17-22/h5-10,15,20,22,30,34H,11-14,16-17H2,1-4H3,(H,44,45). The molecule has 2 saturated heterocycles. The van der Waals surface area contributed by atoms with Gasteiger partial charge in [0, 0.05) is 22.1 Å². The second-order valence-corrected chi connectivity index (χ2v) is 14.9. The summed E-state index contributed by atoms with van der Waals surface area (Å²) in [6.07, 6.45) is 0.210. The molecular formula is C35H36ClF2N5O4S. The summed E-state index contributed by atoms with van der Waals surface area (Å²) in [7, 11) is 0. The number of pyridine rings is 1. The van der Waals surface area contributed by atoms with E-state index in [1.165, 1.54) is 11.3 Å². The summed E-state index contributed by atoms with van der Waals surface area (Å²) in [5, 5.41) is 15.8. The largest absolute Gasteiger partial charge is 0.479 e. The zero-order valence-corrected chi connectivity index (χ0v) is 28.6. The van der Waals surface area contributed by atoms with Crippen LogP contribution in [0.3, 0.4) is 0 Å². The number of thiazole rings is 1. The number of piperidine rings is 1. The first-order chi connectivity index (χ1) is 22.9. The van der Waals surface area contributed by atoms with Crippen LogP contribution >= 0.6 is 22.9 Å². The number of carboxylic acids is 1. The van der Waals surface area contributed by atoms with Gasteiger partial charge in [0.05, 0.1) is 46.5 Å². The van der Waals surface area contributed by atoms with Crippen molar-refractivity contribution in [3.63, 3.8) is 0 Å². The zero-order chi connectivity index (χ0) is 33.9. The highest BCUT2D eigenvalue weighted by Crippen LogP contribution is 2.45. The van der Waals surface area contributed by atoms with Gasteiger partial charge in [-0.1, -0.05) is 23.7 Å². The summed E-state index contributed by atoms with van der Waals surface area (Å²) in [5.74, 6) is -1.22. The van der Waals surface area contributed by atoms with Crippen LogP contribution in [0.15, 0.2) is 42.5 Å². The fourth-order valence-corrected chi connectivity index (χ4v) is 7.99. The quantitative estimate of drug-likeness (QED) is 0.173. The van der Waals surface area contributed by atoms with Crippen molar-refractivity contribution in [2.75, 3.05) is 26.3 Å². The van der Waals surface area contributed by atoms with Crippen molar-refractivity contribution in [1.29, 1.82) is 0 Å². The molecule has 9 nitrogen and oxygen atoms in total. The van der Waals surface area contributed by atoms with Crippen LogP contribution in [0.2, 0.25) is 5.02 Å². The minimum atomic E-state index is -2.79. The van der Waals surface area contributed by atoms with Crippen LogP contribution in [-0.4, -0.2) is 73.7 Å². The average molecular weight is 696 g/mol. The van der Waals surface area contributed by atoms with Gasteiger partial charge < -0.3 is 14.6 Å². The van der Waals surface area contributed by atoms with Gasteiger partial charge in [-0.15, -0.1) is 11.3 Å². The number of likely N-dealkylation sites (tertiary alicyclic amines) is 1. The first kappa shape index (κ1) is 33.0. The van der Waals surface area contributed by atoms with Crippen molar-refractivity contribution >= 4 is 50.2 Å². The highest BCUT2D eigenvalue weighted by molar-refractivity contribution is 7.22. The smallest absolute Gasteiger partial charge is 0.337 e. The second kappa shape index (κ2) is 12.7. The number of halogens is 3. The Kier molecular flexibility index (Phi) is 8.74. The molecule has 7 rings (SSSR count). The lowest BCUT2D eigenvalue weighted by Crippen LogP contribution is -2.51. The molecule has 1 unspecified atom stereocenters. The van der Waals surface area contributed by atoms with Gasteiger partial charge in [-0.2, -0.15) is 13.9 Å². The Morgan fingerprint density at radius 2 is 1.79 bits per heavy atom. The van der Waals surface area contributed by atoms with Crippen molar-refractivity contribution in [3.05, 3.63) is 64.3 Å². The van der Waals surface area contributed by atoms with Gasteiger partial charge in [-0.25, -0.2) is 19.4 Å². The maximum Gasteiger partial charge on any atom is 0.337 e. The predicted molar refractivity (Wildman–Crippen MR) is 182 cm³/mol. The van der Waals surface area contributed by atoms with Gasteiger partial charge >= 0.3 is 12.5 Å². The van der Waals surface area contributed by atoms with E-state index < -0.39 is 24.2 Å². The van der Waals surface area contributed by atoms with E-state index in [-0.39, 0.29) is 5.92 Å². The Labute approximate surface area is 285 Å². The molecule has 1 atom stereocenters. The Bertz CT molecular complexity index is 2000. The van der Waals surface area contributed by atoms with Crippen LogP contribution in [0.1, 0.15) is 69.0 Å². The molecule has 0 amide bonds. The zero-order valence-electron chi connectivity index (χ0n) is 27.0. The Hall–Kier alpha value is -3.55. The Morgan fingerprint density at radius 3 is 2.40 bits per heavy atom. The number of fused-ring (bicyclic) bond motifs is 2. The molecule has 5 heterocycles. The number of aryl methyl sites for hydroxylation is 1. The summed E-state index contributed by atoms with van der Waals surface area (Å²) >= 11 is 7.62. The molecule has 2 aliphatic rings. The summed E-state index contributed by atoms with van der Waals surface area (Å²) in [5.41, 5.74) is 4.49. The number of hydrogen-bond acceptors (Lipinski definition) is 8. The number of ether oxygens (including phenoxy) is 2. The molecule has 3 aromatic heterocycles. The average Bonchev–Trinajstić information content (AvgIpc) is 3.60. The van der Waals surface area contributed by atoms with Crippen molar-refractivity contribution in [3.8, 4) is 21.8 Å². The van der Waals surface area contributed by atoms with E-state index in [0.717, 1.165) is 54.1 Å². The molecule has 252 valence electrons. The van der Waals surface area contributed by atoms with Crippen molar-refractivity contribution in [2.24, 2.45) is 0 Å². The maximum atomic E-state index is 14.4. The fraction of sp³-hybridized carbons (Fsp3) is 0.429. The molecule has 0 bridgehead atoms. The van der Waals surface area contributed by atoms with E-state index in [2.05, 4.69) is 10.00 Å². The lowest BCUT2D eigenvalue weighted by Gasteiger charge is -2.41. The molecule has 1 N–H and O–H groups in total. The summed E-state index contributed by atoms with van der Waals surface area (Å²) < 4.78 is 41.8. The summed E-state index contributed by atoms with van der Waals surface area (Å²) in [4.78, 5) is 25.0. The summed E-state index contributed by atoms with van der Waals surface area (Å²) in [6, 6.07) is 13.0. The molecule has 0 saturated carbocycles. The molecule has 5 aromatic rings. The third-order valence-electron chi connectivity index (χ3n) is 9.05. The number of rotatable bonds is 8. The third kappa shape index (κ3) is 6.20. The topological polar surface area (TPSA) is 103 Å². The van der Waals surface area contributed by atoms with Gasteiger partial charge in [0.2, 0.25) is 0 Å². The Balaban J connectivity index is 1.35. The van der Waals surface area contributed by atoms with Crippen LogP contribution in [-0.2, 0) is 14.3 Å². The number of aromatic nitrogens is 4. The molecule has 2 aliphatic heterocycles. The number of hydrogen-bond donors (Lipinski definition) is 1. The predicted octanol–water partition coefficient (Wildman–Crippen LogP) is 8.25. The van der Waals surface area contributed by atoms with Gasteiger partial charge in [-0.05, 0) is 95.1 Å². The molecule has 48 heavy (non-hydrogen) atoms. The first-order valence-corrected chi connectivity index (χ1v) is 17.2. The monoisotopic (exact) mass is 695 g/mol. The van der Waals surface area contributed by atoms with E-state index >= 15 is 0 Å². The molecule has 0 aliphatic carbocycles. The molecule has 13 heteroatoms. The molecule has 2 aromatic carbocycles. The number of carbonyl (C=O) groups is 1. The number of aliphatic carboxylic acids is 1. The van der Waals surface area contributed by atoms with Crippen LogP contribution in [0.5, 0.6) is 0 Å². The highest BCUT2D eigenvalue weighted by Gasteiger charge is 2.35. The van der Waals surface area contributed by atoms with E-state index in [9.17, 15) is 18.7 Å². The third-order valence-corrected chi connectivity index (χ3v) is 10.4. The minimum absolute atomic E-state index is 0.114. The summed E-state index contributed by atoms with van der Waals surface area (Å²) in [6.45, 7) is 7.57. The van der Waals surface area contributed by atoms with E-state index in [0.29, 0.717) is 60.7 Å². The molecule has 0 spiro atoms. The van der Waals surface area contributed by atoms with Gasteiger partial charge in [0.15, 0.2) is 6.10 Å². The lowest BCUT2D eigenvalue weighted by atomic mass is 9.91.